The number of methoxy groups -OCH3 is 1. The van der Waals surface area contributed by atoms with Gasteiger partial charge >= 0.3 is 5.97 Å². The summed E-state index contributed by atoms with van der Waals surface area (Å²) in [5, 5.41) is 7.58. The van der Waals surface area contributed by atoms with Crippen LogP contribution in [0.2, 0.25) is 0 Å². The van der Waals surface area contributed by atoms with Gasteiger partial charge in [0, 0.05) is 11.4 Å². The van der Waals surface area contributed by atoms with Crippen LogP contribution in [-0.2, 0) is 4.74 Å². The molecule has 2 N–H and O–H groups in total. The number of thiocarbonyl (C=S) groups is 1. The van der Waals surface area contributed by atoms with Crippen molar-refractivity contribution in [1.29, 1.82) is 0 Å². The predicted octanol–water partition coefficient (Wildman–Crippen LogP) is 5.07. The Morgan fingerprint density at radius 2 is 1.96 bits per heavy atom. The zero-order chi connectivity index (χ0) is 18.1. The number of hydrogen-bond donors (Lipinski definition) is 2. The summed E-state index contributed by atoms with van der Waals surface area (Å²) < 4.78 is 4.90. The predicted molar refractivity (Wildman–Crippen MR) is 109 cm³/mol. The Bertz CT molecular complexity index is 699. The van der Waals surface area contributed by atoms with Gasteiger partial charge in [0.15, 0.2) is 5.11 Å². The molecule has 0 aliphatic rings. The second kappa shape index (κ2) is 10.2. The number of ether oxygens (including phenoxy) is 1. The van der Waals surface area contributed by atoms with Crippen molar-refractivity contribution in [2.75, 3.05) is 19.0 Å². The topological polar surface area (TPSA) is 50.4 Å². The van der Waals surface area contributed by atoms with E-state index in [0.717, 1.165) is 23.4 Å². The largest absolute Gasteiger partial charge is 0.465 e. The normalized spacial score (nSPS) is 10.3. The van der Waals surface area contributed by atoms with Gasteiger partial charge in [0.05, 0.1) is 12.7 Å². The molecular weight excluding hydrogens is 352 g/mol. The average Bonchev–Trinajstić information content (AvgIpc) is 3.05. The standard InChI is InChI=1S/C19H24N2O2S2/c1-3-4-5-9-12-20-19(24)21-17-15(18(22)23-2)13-16(25-17)14-10-7-6-8-11-14/h6-8,10-11,13H,3-5,9,12H2,1-2H3,(H2,20,21,24). The van der Waals surface area contributed by atoms with Crippen molar-refractivity contribution in [1.82, 2.24) is 5.32 Å². The summed E-state index contributed by atoms with van der Waals surface area (Å²) in [7, 11) is 1.39. The molecule has 1 aromatic heterocycles. The van der Waals surface area contributed by atoms with E-state index in [4.69, 9.17) is 17.0 Å². The van der Waals surface area contributed by atoms with E-state index < -0.39 is 0 Å². The first kappa shape index (κ1) is 19.4. The molecule has 0 spiro atoms. The van der Waals surface area contributed by atoms with Gasteiger partial charge in [0.2, 0.25) is 0 Å². The van der Waals surface area contributed by atoms with Crippen LogP contribution < -0.4 is 10.6 Å². The summed E-state index contributed by atoms with van der Waals surface area (Å²) in [4.78, 5) is 13.1. The molecule has 4 nitrogen and oxygen atoms in total. The fourth-order valence-electron chi connectivity index (χ4n) is 2.39. The second-order valence-corrected chi connectivity index (χ2v) is 7.11. The van der Waals surface area contributed by atoms with Crippen molar-refractivity contribution in [3.63, 3.8) is 0 Å². The molecule has 1 aromatic carbocycles. The number of anilines is 1. The molecule has 0 aliphatic carbocycles. The van der Waals surface area contributed by atoms with Gasteiger partial charge in [-0.05, 0) is 30.3 Å². The molecule has 134 valence electrons. The van der Waals surface area contributed by atoms with E-state index in [9.17, 15) is 4.79 Å². The van der Waals surface area contributed by atoms with Gasteiger partial charge in [0.1, 0.15) is 5.00 Å². The Hall–Kier alpha value is -1.92. The highest BCUT2D eigenvalue weighted by atomic mass is 32.1. The van der Waals surface area contributed by atoms with Gasteiger partial charge in [0.25, 0.3) is 0 Å². The molecule has 0 fully saturated rings. The molecule has 0 atom stereocenters. The zero-order valence-electron chi connectivity index (χ0n) is 14.6. The fraction of sp³-hybridized carbons (Fsp3) is 0.368. The minimum absolute atomic E-state index is 0.369. The maximum Gasteiger partial charge on any atom is 0.340 e. The number of thiophene rings is 1. The van der Waals surface area contributed by atoms with E-state index in [-0.39, 0.29) is 5.97 Å². The molecule has 0 aliphatic heterocycles. The smallest absolute Gasteiger partial charge is 0.340 e. The highest BCUT2D eigenvalue weighted by molar-refractivity contribution is 7.80. The fourth-order valence-corrected chi connectivity index (χ4v) is 3.72. The molecule has 2 aromatic rings. The third-order valence-electron chi connectivity index (χ3n) is 3.74. The number of nitrogens with one attached hydrogen (secondary N) is 2. The summed E-state index contributed by atoms with van der Waals surface area (Å²) in [5.74, 6) is -0.369. The van der Waals surface area contributed by atoms with Gasteiger partial charge in [-0.1, -0.05) is 56.5 Å². The Labute approximate surface area is 158 Å². The second-order valence-electron chi connectivity index (χ2n) is 5.65. The first-order valence-corrected chi connectivity index (χ1v) is 9.70. The highest BCUT2D eigenvalue weighted by Gasteiger charge is 2.18. The minimum atomic E-state index is -0.369. The number of benzene rings is 1. The molecule has 0 bridgehead atoms. The van der Waals surface area contributed by atoms with E-state index in [1.807, 2.05) is 36.4 Å². The first-order chi connectivity index (χ1) is 12.2. The molecule has 1 heterocycles. The Kier molecular flexibility index (Phi) is 7.88. The molecule has 25 heavy (non-hydrogen) atoms. The molecule has 0 amide bonds. The quantitative estimate of drug-likeness (QED) is 0.383. The molecule has 6 heteroatoms. The Balaban J connectivity index is 2.06. The SMILES string of the molecule is CCCCCCNC(=S)Nc1sc(-c2ccccc2)cc1C(=O)OC. The lowest BCUT2D eigenvalue weighted by Crippen LogP contribution is -2.29. The van der Waals surface area contributed by atoms with E-state index in [1.165, 1.54) is 37.7 Å². The number of carbonyl (C=O) groups is 1. The summed E-state index contributed by atoms with van der Waals surface area (Å²) in [6, 6.07) is 11.8. The molecule has 0 saturated heterocycles. The third-order valence-corrected chi connectivity index (χ3v) is 5.08. The highest BCUT2D eigenvalue weighted by Crippen LogP contribution is 2.35. The summed E-state index contributed by atoms with van der Waals surface area (Å²) in [6.45, 7) is 3.02. The van der Waals surface area contributed by atoms with Crippen molar-refractivity contribution in [3.8, 4) is 10.4 Å². The summed E-state index contributed by atoms with van der Waals surface area (Å²) >= 11 is 6.85. The maximum absolute atomic E-state index is 12.1. The van der Waals surface area contributed by atoms with Crippen LogP contribution >= 0.6 is 23.6 Å². The van der Waals surface area contributed by atoms with Crippen LogP contribution in [0.4, 0.5) is 5.00 Å². The van der Waals surface area contributed by atoms with E-state index in [2.05, 4.69) is 17.6 Å². The zero-order valence-corrected chi connectivity index (χ0v) is 16.3. The lowest BCUT2D eigenvalue weighted by atomic mass is 10.1. The molecule has 0 saturated carbocycles. The van der Waals surface area contributed by atoms with E-state index in [0.29, 0.717) is 15.7 Å². The van der Waals surface area contributed by atoms with Crippen molar-refractivity contribution >= 4 is 39.6 Å². The van der Waals surface area contributed by atoms with E-state index in [1.54, 1.807) is 0 Å². The molecular formula is C19H24N2O2S2. The van der Waals surface area contributed by atoms with Crippen LogP contribution in [0.1, 0.15) is 43.0 Å². The molecule has 0 unspecified atom stereocenters. The van der Waals surface area contributed by atoms with Gasteiger partial charge in [-0.15, -0.1) is 11.3 Å². The lowest BCUT2D eigenvalue weighted by molar-refractivity contribution is 0.0602. The number of rotatable bonds is 8. The van der Waals surface area contributed by atoms with Crippen LogP contribution in [-0.4, -0.2) is 24.7 Å². The monoisotopic (exact) mass is 376 g/mol. The van der Waals surface area contributed by atoms with Gasteiger partial charge in [-0.3, -0.25) is 0 Å². The van der Waals surface area contributed by atoms with Crippen LogP contribution in [0, 0.1) is 0 Å². The van der Waals surface area contributed by atoms with Crippen molar-refractivity contribution < 1.29 is 9.53 Å². The van der Waals surface area contributed by atoms with Crippen molar-refractivity contribution in [2.45, 2.75) is 32.6 Å². The van der Waals surface area contributed by atoms with Gasteiger partial charge in [-0.2, -0.15) is 0 Å². The van der Waals surface area contributed by atoms with Gasteiger partial charge in [-0.25, -0.2) is 4.79 Å². The molecule has 2 rings (SSSR count). The number of unbranched alkanes of at least 4 members (excludes halogenated alkanes) is 3. The number of hydrogen-bond acceptors (Lipinski definition) is 4. The molecule has 0 radical (unpaired) electrons. The Morgan fingerprint density at radius 3 is 2.64 bits per heavy atom. The number of carbonyl (C=O) groups excluding carboxylic acids is 1. The third kappa shape index (κ3) is 5.83. The Morgan fingerprint density at radius 1 is 1.20 bits per heavy atom. The van der Waals surface area contributed by atoms with Crippen LogP contribution in [0.25, 0.3) is 10.4 Å². The number of esters is 1. The maximum atomic E-state index is 12.1. The minimum Gasteiger partial charge on any atom is -0.465 e. The van der Waals surface area contributed by atoms with Crippen molar-refractivity contribution in [2.24, 2.45) is 0 Å². The lowest BCUT2D eigenvalue weighted by Gasteiger charge is -2.10. The van der Waals surface area contributed by atoms with Crippen LogP contribution in [0.5, 0.6) is 0 Å². The summed E-state index contributed by atoms with van der Waals surface area (Å²) in [6.07, 6.45) is 4.72. The van der Waals surface area contributed by atoms with Crippen LogP contribution in [0.15, 0.2) is 36.4 Å². The van der Waals surface area contributed by atoms with Crippen LogP contribution in [0.3, 0.4) is 0 Å². The average molecular weight is 377 g/mol. The van der Waals surface area contributed by atoms with Crippen molar-refractivity contribution in [3.05, 3.63) is 42.0 Å². The summed E-state index contributed by atoms with van der Waals surface area (Å²) in [5.41, 5.74) is 1.56. The van der Waals surface area contributed by atoms with E-state index >= 15 is 0 Å². The first-order valence-electron chi connectivity index (χ1n) is 8.48. The van der Waals surface area contributed by atoms with Gasteiger partial charge < -0.3 is 15.4 Å².